The molecule has 108 valence electrons. The molecule has 0 unspecified atom stereocenters. The molecule has 0 spiro atoms. The average Bonchev–Trinajstić information content (AvgIpc) is 2.56. The van der Waals surface area contributed by atoms with Gasteiger partial charge in [0.15, 0.2) is 0 Å². The Morgan fingerprint density at radius 2 is 2.14 bits per heavy atom. The van der Waals surface area contributed by atoms with Crippen LogP contribution >= 0.6 is 0 Å². The molecule has 0 aliphatic heterocycles. The van der Waals surface area contributed by atoms with Crippen molar-refractivity contribution in [2.75, 3.05) is 0 Å². The van der Waals surface area contributed by atoms with Gasteiger partial charge in [-0.1, -0.05) is 18.2 Å². The van der Waals surface area contributed by atoms with Crippen LogP contribution in [0.5, 0.6) is 0 Å². The first-order valence-corrected chi connectivity index (χ1v) is 6.45. The molecule has 2 aromatic heterocycles. The van der Waals surface area contributed by atoms with E-state index in [2.05, 4.69) is 25.5 Å². The fourth-order valence-corrected chi connectivity index (χ4v) is 1.89. The van der Waals surface area contributed by atoms with Gasteiger partial charge >= 0.3 is 0 Å². The predicted octanol–water partition coefficient (Wildman–Crippen LogP) is 1.08. The molecule has 0 atom stereocenters. The second-order valence-corrected chi connectivity index (χ2v) is 4.43. The van der Waals surface area contributed by atoms with Crippen molar-refractivity contribution in [1.29, 1.82) is 0 Å². The smallest absolute Gasteiger partial charge is 0.291 e. The summed E-state index contributed by atoms with van der Waals surface area (Å²) in [6, 6.07) is 9.10. The fourth-order valence-electron chi connectivity index (χ4n) is 1.89. The first-order chi connectivity index (χ1) is 10.7. The van der Waals surface area contributed by atoms with E-state index in [0.29, 0.717) is 5.56 Å². The summed E-state index contributed by atoms with van der Waals surface area (Å²) in [5, 5.41) is 4.65. The van der Waals surface area contributed by atoms with Gasteiger partial charge in [0.1, 0.15) is 5.69 Å². The summed E-state index contributed by atoms with van der Waals surface area (Å²) >= 11 is 0. The maximum atomic E-state index is 11.9. The van der Waals surface area contributed by atoms with Crippen LogP contribution in [0.2, 0.25) is 0 Å². The fraction of sp³-hybridized carbons (Fsp3) is 0. The molecule has 0 radical (unpaired) electrons. The number of benzene rings is 1. The van der Waals surface area contributed by atoms with Crippen molar-refractivity contribution in [2.24, 2.45) is 5.10 Å². The van der Waals surface area contributed by atoms with Crippen LogP contribution in [0.1, 0.15) is 16.1 Å². The molecule has 3 rings (SSSR count). The van der Waals surface area contributed by atoms with E-state index in [-0.39, 0.29) is 11.3 Å². The number of aromatic nitrogens is 3. The van der Waals surface area contributed by atoms with E-state index in [1.54, 1.807) is 6.07 Å². The molecular formula is C15H11N5O2. The third kappa shape index (κ3) is 2.88. The number of nitrogens with zero attached hydrogens (tertiary/aromatic N) is 3. The van der Waals surface area contributed by atoms with E-state index in [1.165, 1.54) is 24.8 Å². The summed E-state index contributed by atoms with van der Waals surface area (Å²) in [6.45, 7) is 0. The van der Waals surface area contributed by atoms with E-state index in [4.69, 9.17) is 0 Å². The van der Waals surface area contributed by atoms with Crippen LogP contribution in [-0.4, -0.2) is 27.1 Å². The molecule has 2 heterocycles. The Hall–Kier alpha value is -3.35. The number of hydrogen-bond acceptors (Lipinski definition) is 5. The number of amides is 1. The molecule has 7 nitrogen and oxygen atoms in total. The number of H-pyrrole nitrogens is 1. The normalized spacial score (nSPS) is 10.9. The Kier molecular flexibility index (Phi) is 3.69. The minimum absolute atomic E-state index is 0.145. The number of hydrogen-bond donors (Lipinski definition) is 2. The number of hydrazone groups is 1. The lowest BCUT2D eigenvalue weighted by Gasteiger charge is -1.99. The molecule has 0 saturated heterocycles. The quantitative estimate of drug-likeness (QED) is 0.557. The van der Waals surface area contributed by atoms with Gasteiger partial charge in [-0.05, 0) is 17.5 Å². The first-order valence-electron chi connectivity index (χ1n) is 6.45. The average molecular weight is 293 g/mol. The van der Waals surface area contributed by atoms with Gasteiger partial charge in [0, 0.05) is 17.9 Å². The summed E-state index contributed by atoms with van der Waals surface area (Å²) in [7, 11) is 0. The van der Waals surface area contributed by atoms with Crippen LogP contribution < -0.4 is 11.0 Å². The maximum Gasteiger partial charge on any atom is 0.291 e. The highest BCUT2D eigenvalue weighted by Gasteiger charge is 2.05. The Labute approximate surface area is 124 Å². The summed E-state index contributed by atoms with van der Waals surface area (Å²) < 4.78 is 0. The van der Waals surface area contributed by atoms with Crippen molar-refractivity contribution in [3.05, 3.63) is 70.5 Å². The van der Waals surface area contributed by atoms with E-state index in [9.17, 15) is 9.59 Å². The topological polar surface area (TPSA) is 100 Å². The lowest BCUT2D eigenvalue weighted by molar-refractivity contribution is 0.0949. The highest BCUT2D eigenvalue weighted by Crippen LogP contribution is 2.08. The Balaban J connectivity index is 1.80. The van der Waals surface area contributed by atoms with Crippen LogP contribution in [0.4, 0.5) is 0 Å². The van der Waals surface area contributed by atoms with E-state index >= 15 is 0 Å². The molecule has 22 heavy (non-hydrogen) atoms. The second-order valence-electron chi connectivity index (χ2n) is 4.43. The lowest BCUT2D eigenvalue weighted by Crippen LogP contribution is -2.20. The van der Waals surface area contributed by atoms with Crippen LogP contribution in [0.15, 0.2) is 58.8 Å². The molecule has 0 aliphatic rings. The predicted molar refractivity (Wildman–Crippen MR) is 81.7 cm³/mol. The highest BCUT2D eigenvalue weighted by atomic mass is 16.2. The van der Waals surface area contributed by atoms with Gasteiger partial charge < -0.3 is 4.98 Å². The van der Waals surface area contributed by atoms with E-state index in [0.717, 1.165) is 10.9 Å². The molecule has 1 aromatic carbocycles. The highest BCUT2D eigenvalue weighted by molar-refractivity contribution is 5.93. The molecule has 3 aromatic rings. The Morgan fingerprint density at radius 3 is 2.95 bits per heavy atom. The summed E-state index contributed by atoms with van der Waals surface area (Å²) in [5.41, 5.74) is 3.25. The van der Waals surface area contributed by atoms with Crippen LogP contribution in [-0.2, 0) is 0 Å². The third-order valence-electron chi connectivity index (χ3n) is 2.95. The zero-order valence-electron chi connectivity index (χ0n) is 11.4. The molecule has 0 aliphatic carbocycles. The molecule has 1 amide bonds. The molecule has 0 bridgehead atoms. The number of fused-ring (bicyclic) bond motifs is 1. The maximum absolute atomic E-state index is 11.9. The van der Waals surface area contributed by atoms with Gasteiger partial charge in [0.25, 0.3) is 11.5 Å². The summed E-state index contributed by atoms with van der Waals surface area (Å²) in [4.78, 5) is 34.0. The second kappa shape index (κ2) is 5.96. The number of rotatable bonds is 3. The number of para-hydroxylation sites is 1. The number of carbonyl (C=O) groups excluding carboxylic acids is 1. The number of pyridine rings is 1. The largest absolute Gasteiger partial charge is 0.321 e. The van der Waals surface area contributed by atoms with Crippen molar-refractivity contribution in [2.45, 2.75) is 0 Å². The minimum atomic E-state index is -0.499. The van der Waals surface area contributed by atoms with Gasteiger partial charge in [0.2, 0.25) is 0 Å². The van der Waals surface area contributed by atoms with Crippen molar-refractivity contribution in [3.63, 3.8) is 0 Å². The van der Waals surface area contributed by atoms with Crippen molar-refractivity contribution >= 4 is 23.0 Å². The first kappa shape index (κ1) is 13.6. The number of carbonyl (C=O) groups is 1. The molecule has 7 heteroatoms. The van der Waals surface area contributed by atoms with Gasteiger partial charge in [-0.3, -0.25) is 14.6 Å². The summed E-state index contributed by atoms with van der Waals surface area (Å²) in [6.07, 6.45) is 5.49. The third-order valence-corrected chi connectivity index (χ3v) is 2.95. The van der Waals surface area contributed by atoms with Crippen molar-refractivity contribution in [1.82, 2.24) is 20.4 Å². The van der Waals surface area contributed by atoms with Crippen molar-refractivity contribution < 1.29 is 4.79 Å². The van der Waals surface area contributed by atoms with Gasteiger partial charge in [-0.15, -0.1) is 0 Å². The van der Waals surface area contributed by atoms with Gasteiger partial charge in [0.05, 0.1) is 18.0 Å². The number of nitrogens with one attached hydrogen (secondary N) is 2. The van der Waals surface area contributed by atoms with Crippen LogP contribution in [0, 0.1) is 0 Å². The SMILES string of the molecule is O=C(N/N=C\c1cc2ccccc2[nH]c1=O)c1cnccn1. The molecular weight excluding hydrogens is 282 g/mol. The summed E-state index contributed by atoms with van der Waals surface area (Å²) in [5.74, 6) is -0.499. The molecule has 2 N–H and O–H groups in total. The minimum Gasteiger partial charge on any atom is -0.321 e. The monoisotopic (exact) mass is 293 g/mol. The van der Waals surface area contributed by atoms with Gasteiger partial charge in [-0.25, -0.2) is 10.4 Å². The lowest BCUT2D eigenvalue weighted by atomic mass is 10.2. The standard InChI is InChI=1S/C15H11N5O2/c21-14-11(7-10-3-1-2-4-12(10)19-14)8-18-20-15(22)13-9-16-5-6-17-13/h1-9H,(H,19,21)(H,20,22)/b18-8-. The molecule has 0 fully saturated rings. The van der Waals surface area contributed by atoms with Gasteiger partial charge in [-0.2, -0.15) is 5.10 Å². The van der Waals surface area contributed by atoms with E-state index < -0.39 is 5.91 Å². The van der Waals surface area contributed by atoms with Crippen LogP contribution in [0.25, 0.3) is 10.9 Å². The zero-order valence-corrected chi connectivity index (χ0v) is 11.4. The van der Waals surface area contributed by atoms with Crippen LogP contribution in [0.3, 0.4) is 0 Å². The number of aromatic amines is 1. The van der Waals surface area contributed by atoms with Crippen molar-refractivity contribution in [3.8, 4) is 0 Å². The Morgan fingerprint density at radius 1 is 1.27 bits per heavy atom. The van der Waals surface area contributed by atoms with E-state index in [1.807, 2.05) is 24.3 Å². The molecule has 0 saturated carbocycles. The zero-order chi connectivity index (χ0) is 15.4. The Bertz CT molecular complexity index is 902.